The molecule has 1 unspecified atom stereocenters. The summed E-state index contributed by atoms with van der Waals surface area (Å²) in [6, 6.07) is 2.06. The Morgan fingerprint density at radius 1 is 1.53 bits per heavy atom. The van der Waals surface area contributed by atoms with Crippen molar-refractivity contribution in [3.8, 4) is 0 Å². The molecule has 8 heteroatoms. The minimum atomic E-state index is -0.493. The molecule has 17 heavy (non-hydrogen) atoms. The molecule has 1 atom stereocenters. The molecule has 0 radical (unpaired) electrons. The first-order valence-corrected chi connectivity index (χ1v) is 4.82. The number of halogens is 1. The first-order chi connectivity index (χ1) is 8.16. The van der Waals surface area contributed by atoms with Crippen LogP contribution in [0.4, 0.5) is 4.39 Å². The Balaban J connectivity index is 2.04. The predicted octanol–water partition coefficient (Wildman–Crippen LogP) is 0.225. The van der Waals surface area contributed by atoms with Crippen molar-refractivity contribution >= 4 is 5.91 Å². The largest absolute Gasteiger partial charge is 0.341 e. The van der Waals surface area contributed by atoms with Crippen molar-refractivity contribution in [1.29, 1.82) is 0 Å². The second-order valence-corrected chi connectivity index (χ2v) is 3.33. The van der Waals surface area contributed by atoms with Gasteiger partial charge in [-0.05, 0) is 19.1 Å². The van der Waals surface area contributed by atoms with Crippen LogP contribution in [-0.4, -0.2) is 31.5 Å². The monoisotopic (exact) mass is 236 g/mol. The van der Waals surface area contributed by atoms with Crippen molar-refractivity contribution in [3.05, 3.63) is 35.7 Å². The fourth-order valence-electron chi connectivity index (χ4n) is 1.20. The van der Waals surface area contributed by atoms with Crippen molar-refractivity contribution in [3.63, 3.8) is 0 Å². The third kappa shape index (κ3) is 2.60. The third-order valence-corrected chi connectivity index (χ3v) is 2.06. The van der Waals surface area contributed by atoms with Crippen LogP contribution in [0.25, 0.3) is 0 Å². The van der Waals surface area contributed by atoms with Gasteiger partial charge in [-0.2, -0.15) is 5.21 Å². The van der Waals surface area contributed by atoms with E-state index in [1.165, 1.54) is 12.1 Å². The molecular formula is C9H9FN6O. The van der Waals surface area contributed by atoms with E-state index >= 15 is 0 Å². The number of hydrogen-bond acceptors (Lipinski definition) is 5. The Hall–Kier alpha value is -2.38. The zero-order chi connectivity index (χ0) is 12.3. The number of H-pyrrole nitrogens is 1. The number of aromatic nitrogens is 5. The molecule has 7 nitrogen and oxygen atoms in total. The number of carbonyl (C=O) groups is 1. The number of aromatic amines is 1. The number of nitrogens with one attached hydrogen (secondary N) is 2. The van der Waals surface area contributed by atoms with Gasteiger partial charge in [-0.25, -0.2) is 9.37 Å². The SMILES string of the molecule is CC(NC(=O)c1ccc(F)cn1)c1nn[nH]n1. The van der Waals surface area contributed by atoms with Crippen molar-refractivity contribution in [2.75, 3.05) is 0 Å². The number of amides is 1. The van der Waals surface area contributed by atoms with E-state index in [0.717, 1.165) is 6.20 Å². The van der Waals surface area contributed by atoms with Gasteiger partial charge < -0.3 is 5.32 Å². The van der Waals surface area contributed by atoms with Crippen LogP contribution in [-0.2, 0) is 0 Å². The number of carbonyl (C=O) groups excluding carboxylic acids is 1. The second-order valence-electron chi connectivity index (χ2n) is 3.33. The molecule has 2 aromatic rings. The van der Waals surface area contributed by atoms with Crippen LogP contribution in [0.15, 0.2) is 18.3 Å². The molecule has 1 amide bonds. The summed E-state index contributed by atoms with van der Waals surface area (Å²) in [5.41, 5.74) is 0.127. The maximum Gasteiger partial charge on any atom is 0.270 e. The van der Waals surface area contributed by atoms with Crippen molar-refractivity contribution < 1.29 is 9.18 Å². The highest BCUT2D eigenvalue weighted by Crippen LogP contribution is 2.05. The van der Waals surface area contributed by atoms with Gasteiger partial charge in [0.1, 0.15) is 11.5 Å². The lowest BCUT2D eigenvalue weighted by Crippen LogP contribution is -2.28. The molecule has 2 heterocycles. The van der Waals surface area contributed by atoms with Crippen LogP contribution < -0.4 is 5.32 Å². The Labute approximate surface area is 95.5 Å². The van der Waals surface area contributed by atoms with Gasteiger partial charge in [-0.1, -0.05) is 5.21 Å². The molecule has 0 aliphatic rings. The highest BCUT2D eigenvalue weighted by Gasteiger charge is 2.15. The molecule has 88 valence electrons. The Bertz CT molecular complexity index is 497. The first-order valence-electron chi connectivity index (χ1n) is 4.82. The highest BCUT2D eigenvalue weighted by molar-refractivity contribution is 5.92. The Morgan fingerprint density at radius 2 is 2.35 bits per heavy atom. The fraction of sp³-hybridized carbons (Fsp3) is 0.222. The van der Waals surface area contributed by atoms with E-state index in [4.69, 9.17) is 0 Å². The lowest BCUT2D eigenvalue weighted by molar-refractivity contribution is 0.0933. The predicted molar refractivity (Wildman–Crippen MR) is 54.3 cm³/mol. The minimum absolute atomic E-state index is 0.127. The molecule has 0 fully saturated rings. The van der Waals surface area contributed by atoms with E-state index in [1.54, 1.807) is 6.92 Å². The molecule has 0 saturated carbocycles. The number of pyridine rings is 1. The van der Waals surface area contributed by atoms with E-state index in [1.807, 2.05) is 0 Å². The average molecular weight is 236 g/mol. The van der Waals surface area contributed by atoms with Gasteiger partial charge in [-0.15, -0.1) is 10.2 Å². The van der Waals surface area contributed by atoms with E-state index in [9.17, 15) is 9.18 Å². The van der Waals surface area contributed by atoms with Gasteiger partial charge in [0, 0.05) is 0 Å². The van der Waals surface area contributed by atoms with Crippen LogP contribution in [0.5, 0.6) is 0 Å². The van der Waals surface area contributed by atoms with Crippen LogP contribution in [0.3, 0.4) is 0 Å². The van der Waals surface area contributed by atoms with Crippen molar-refractivity contribution in [2.24, 2.45) is 0 Å². The smallest absolute Gasteiger partial charge is 0.270 e. The summed E-state index contributed by atoms with van der Waals surface area (Å²) >= 11 is 0. The van der Waals surface area contributed by atoms with Gasteiger partial charge in [0.25, 0.3) is 5.91 Å². The van der Waals surface area contributed by atoms with Crippen molar-refractivity contribution in [1.82, 2.24) is 30.9 Å². The number of hydrogen-bond donors (Lipinski definition) is 2. The Morgan fingerprint density at radius 3 is 2.94 bits per heavy atom. The molecular weight excluding hydrogens is 227 g/mol. The standard InChI is InChI=1S/C9H9FN6O/c1-5(8-13-15-16-14-8)12-9(17)7-3-2-6(10)4-11-7/h2-5H,1H3,(H,12,17)(H,13,14,15,16). The third-order valence-electron chi connectivity index (χ3n) is 2.06. The second kappa shape index (κ2) is 4.64. The van der Waals surface area contributed by atoms with Gasteiger partial charge in [0.15, 0.2) is 5.82 Å². The summed E-state index contributed by atoms with van der Waals surface area (Å²) in [5.74, 6) is -0.560. The van der Waals surface area contributed by atoms with E-state index in [2.05, 4.69) is 30.9 Å². The summed E-state index contributed by atoms with van der Waals surface area (Å²) < 4.78 is 12.6. The molecule has 0 aliphatic carbocycles. The van der Waals surface area contributed by atoms with Crippen LogP contribution in [0, 0.1) is 5.82 Å². The number of tetrazole rings is 1. The number of rotatable bonds is 3. The van der Waals surface area contributed by atoms with E-state index in [-0.39, 0.29) is 5.69 Å². The molecule has 2 N–H and O–H groups in total. The molecule has 0 aromatic carbocycles. The molecule has 2 aromatic heterocycles. The van der Waals surface area contributed by atoms with Gasteiger partial charge in [-0.3, -0.25) is 4.79 Å². The van der Waals surface area contributed by atoms with Gasteiger partial charge in [0.05, 0.1) is 12.2 Å². The van der Waals surface area contributed by atoms with Crippen LogP contribution >= 0.6 is 0 Å². The van der Waals surface area contributed by atoms with Crippen molar-refractivity contribution in [2.45, 2.75) is 13.0 Å². The maximum absolute atomic E-state index is 12.6. The van der Waals surface area contributed by atoms with Crippen LogP contribution in [0.2, 0.25) is 0 Å². The van der Waals surface area contributed by atoms with Gasteiger partial charge >= 0.3 is 0 Å². The van der Waals surface area contributed by atoms with Gasteiger partial charge in [0.2, 0.25) is 0 Å². The summed E-state index contributed by atoms with van der Waals surface area (Å²) in [4.78, 5) is 15.3. The summed E-state index contributed by atoms with van der Waals surface area (Å²) in [5, 5.41) is 15.7. The lowest BCUT2D eigenvalue weighted by atomic mass is 10.3. The molecule has 2 rings (SSSR count). The van der Waals surface area contributed by atoms with Crippen LogP contribution in [0.1, 0.15) is 29.3 Å². The quantitative estimate of drug-likeness (QED) is 0.794. The average Bonchev–Trinajstić information content (AvgIpc) is 2.83. The summed E-state index contributed by atoms with van der Waals surface area (Å²) in [6.07, 6.45) is 0.980. The highest BCUT2D eigenvalue weighted by atomic mass is 19.1. The maximum atomic E-state index is 12.6. The molecule has 0 saturated heterocycles. The number of nitrogens with zero attached hydrogens (tertiary/aromatic N) is 4. The Kier molecular flexibility index (Phi) is 3.03. The normalized spacial score (nSPS) is 12.1. The minimum Gasteiger partial charge on any atom is -0.341 e. The topological polar surface area (TPSA) is 96.5 Å². The first kappa shape index (κ1) is 11.1. The van der Waals surface area contributed by atoms with E-state index in [0.29, 0.717) is 5.82 Å². The summed E-state index contributed by atoms with van der Waals surface area (Å²) in [7, 11) is 0. The molecule has 0 bridgehead atoms. The van der Waals surface area contributed by atoms with E-state index < -0.39 is 17.8 Å². The molecule has 0 spiro atoms. The zero-order valence-electron chi connectivity index (χ0n) is 8.88. The lowest BCUT2D eigenvalue weighted by Gasteiger charge is -2.08. The fourth-order valence-corrected chi connectivity index (χ4v) is 1.20. The summed E-state index contributed by atoms with van der Waals surface area (Å²) in [6.45, 7) is 1.70. The zero-order valence-corrected chi connectivity index (χ0v) is 8.88. The molecule has 0 aliphatic heterocycles.